The maximum Gasteiger partial charge on any atom is 0.273 e. The lowest BCUT2D eigenvalue weighted by atomic mass is 10.0. The van der Waals surface area contributed by atoms with Gasteiger partial charge in [-0.1, -0.05) is 24.3 Å². The second-order valence-corrected chi connectivity index (χ2v) is 10.1. The average Bonchev–Trinajstić information content (AvgIpc) is 3.34. The Balaban J connectivity index is 1.34. The fourth-order valence-electron chi connectivity index (χ4n) is 3.31. The smallest absolute Gasteiger partial charge is 0.273 e. The zero-order valence-electron chi connectivity index (χ0n) is 16.9. The van der Waals surface area contributed by atoms with E-state index in [0.29, 0.717) is 24.5 Å². The number of para-hydroxylation sites is 1. The molecule has 1 aliphatic heterocycles. The van der Waals surface area contributed by atoms with Gasteiger partial charge in [-0.05, 0) is 41.8 Å². The maximum atomic E-state index is 12.6. The number of carbonyl (C=O) groups excluding carboxylic acids is 1. The molecule has 31 heavy (non-hydrogen) atoms. The molecule has 1 aliphatic rings. The highest BCUT2D eigenvalue weighted by Gasteiger charge is 2.23. The summed E-state index contributed by atoms with van der Waals surface area (Å²) in [4.78, 5) is 12.4. The van der Waals surface area contributed by atoms with Crippen LogP contribution in [-0.4, -0.2) is 34.6 Å². The topological polar surface area (TPSA) is 84.9 Å². The monoisotopic (exact) mass is 458 g/mol. The first-order chi connectivity index (χ1) is 14.9. The van der Waals surface area contributed by atoms with Gasteiger partial charge in [-0.2, -0.15) is 0 Å². The van der Waals surface area contributed by atoms with Crippen molar-refractivity contribution in [1.29, 1.82) is 0 Å². The number of carbonyl (C=O) groups is 1. The summed E-state index contributed by atoms with van der Waals surface area (Å²) in [6, 6.07) is 17.4. The summed E-state index contributed by atoms with van der Waals surface area (Å²) in [6.07, 6.45) is 0.697. The van der Waals surface area contributed by atoms with Crippen molar-refractivity contribution >= 4 is 33.0 Å². The Hall–Kier alpha value is -3.04. The van der Waals surface area contributed by atoms with Gasteiger partial charge in [0.25, 0.3) is 15.9 Å². The highest BCUT2D eigenvalue weighted by molar-refractivity contribution is 7.94. The summed E-state index contributed by atoms with van der Waals surface area (Å²) in [5.74, 6) is 1.04. The summed E-state index contributed by atoms with van der Waals surface area (Å²) in [5.41, 5.74) is 1.46. The summed E-state index contributed by atoms with van der Waals surface area (Å²) in [7, 11) is -2.09. The Morgan fingerprint density at radius 2 is 1.94 bits per heavy atom. The van der Waals surface area contributed by atoms with Crippen LogP contribution >= 0.6 is 11.3 Å². The number of nitrogens with one attached hydrogen (secondary N) is 1. The van der Waals surface area contributed by atoms with Gasteiger partial charge in [-0.25, -0.2) is 8.42 Å². The maximum absolute atomic E-state index is 12.6. The number of nitrogens with zero attached hydrogens (tertiary/aromatic N) is 1. The molecule has 162 valence electrons. The zero-order valence-corrected chi connectivity index (χ0v) is 18.5. The molecule has 0 bridgehead atoms. The van der Waals surface area contributed by atoms with Gasteiger partial charge in [-0.3, -0.25) is 9.10 Å². The number of benzene rings is 2. The second kappa shape index (κ2) is 8.99. The average molecular weight is 459 g/mol. The standard InChI is InChI=1S/C22H22N2O5S2/c1-24(31(26,27)22-7-4-14-30-22)16-8-10-17(11-9-16)29-15-21(25)23-19-12-13-28-20-6-3-2-5-18(19)20/h2-11,14,19H,12-13,15H2,1H3,(H,23,25)/t19-/m1/s1. The van der Waals surface area contributed by atoms with Gasteiger partial charge >= 0.3 is 0 Å². The first-order valence-corrected chi connectivity index (χ1v) is 12.0. The molecule has 2 aromatic carbocycles. The molecule has 1 aromatic heterocycles. The third-order valence-corrected chi connectivity index (χ3v) is 8.13. The van der Waals surface area contributed by atoms with E-state index in [9.17, 15) is 13.2 Å². The van der Waals surface area contributed by atoms with Gasteiger partial charge < -0.3 is 14.8 Å². The predicted octanol–water partition coefficient (Wildman–Crippen LogP) is 3.59. The van der Waals surface area contributed by atoms with Crippen molar-refractivity contribution in [2.75, 3.05) is 24.6 Å². The Kier molecular flexibility index (Phi) is 6.15. The molecule has 1 N–H and O–H groups in total. The molecule has 0 aliphatic carbocycles. The number of thiophene rings is 1. The van der Waals surface area contributed by atoms with E-state index in [1.165, 1.54) is 22.7 Å². The molecule has 1 atom stereocenters. The Morgan fingerprint density at radius 1 is 1.16 bits per heavy atom. The van der Waals surface area contributed by atoms with Crippen LogP contribution < -0.4 is 19.1 Å². The third-order valence-electron chi connectivity index (χ3n) is 4.97. The Bertz CT molecular complexity index is 1140. The fourth-order valence-corrected chi connectivity index (χ4v) is 5.67. The molecule has 0 saturated carbocycles. The lowest BCUT2D eigenvalue weighted by Gasteiger charge is -2.26. The van der Waals surface area contributed by atoms with Gasteiger partial charge in [0.2, 0.25) is 0 Å². The van der Waals surface area contributed by atoms with Crippen molar-refractivity contribution in [1.82, 2.24) is 5.32 Å². The molecule has 0 radical (unpaired) electrons. The fraction of sp³-hybridized carbons (Fsp3) is 0.227. The largest absolute Gasteiger partial charge is 0.493 e. The molecule has 1 amide bonds. The lowest BCUT2D eigenvalue weighted by Crippen LogP contribution is -2.35. The van der Waals surface area contributed by atoms with Crippen LogP contribution in [0.4, 0.5) is 5.69 Å². The van der Waals surface area contributed by atoms with Crippen LogP contribution in [0.3, 0.4) is 0 Å². The van der Waals surface area contributed by atoms with Crippen LogP contribution in [-0.2, 0) is 14.8 Å². The van der Waals surface area contributed by atoms with Gasteiger partial charge in [0.1, 0.15) is 15.7 Å². The number of sulfonamides is 1. The number of hydrogen-bond acceptors (Lipinski definition) is 6. The van der Waals surface area contributed by atoms with Crippen LogP contribution in [0.2, 0.25) is 0 Å². The normalized spacial score (nSPS) is 15.5. The van der Waals surface area contributed by atoms with Crippen LogP contribution in [0.15, 0.2) is 70.3 Å². The highest BCUT2D eigenvalue weighted by atomic mass is 32.2. The Labute approximate surface area is 185 Å². The van der Waals surface area contributed by atoms with E-state index in [4.69, 9.17) is 9.47 Å². The van der Waals surface area contributed by atoms with Crippen LogP contribution in [0.5, 0.6) is 11.5 Å². The molecule has 9 heteroatoms. The van der Waals surface area contributed by atoms with Gasteiger partial charge in [0.05, 0.1) is 18.3 Å². The van der Waals surface area contributed by atoms with E-state index in [2.05, 4.69) is 5.32 Å². The molecule has 3 aromatic rings. The molecule has 4 rings (SSSR count). The van der Waals surface area contributed by atoms with E-state index < -0.39 is 10.0 Å². The first kappa shape index (κ1) is 21.2. The minimum absolute atomic E-state index is 0.112. The molecule has 0 fully saturated rings. The Morgan fingerprint density at radius 3 is 2.68 bits per heavy atom. The molecule has 7 nitrogen and oxygen atoms in total. The minimum atomic E-state index is -3.59. The van der Waals surface area contributed by atoms with E-state index in [-0.39, 0.29) is 22.8 Å². The van der Waals surface area contributed by atoms with Crippen LogP contribution in [0, 0.1) is 0 Å². The quantitative estimate of drug-likeness (QED) is 0.585. The molecular weight excluding hydrogens is 436 g/mol. The molecule has 2 heterocycles. The zero-order chi connectivity index (χ0) is 21.8. The predicted molar refractivity (Wildman–Crippen MR) is 119 cm³/mol. The third kappa shape index (κ3) is 4.67. The highest BCUT2D eigenvalue weighted by Crippen LogP contribution is 2.31. The van der Waals surface area contributed by atoms with E-state index in [1.54, 1.807) is 41.8 Å². The van der Waals surface area contributed by atoms with Crippen molar-refractivity contribution in [2.45, 2.75) is 16.7 Å². The summed E-state index contributed by atoms with van der Waals surface area (Å²) in [6.45, 7) is 0.411. The first-order valence-electron chi connectivity index (χ1n) is 9.71. The van der Waals surface area contributed by atoms with Crippen molar-refractivity contribution < 1.29 is 22.7 Å². The number of fused-ring (bicyclic) bond motifs is 1. The molecule has 0 spiro atoms. The van der Waals surface area contributed by atoms with E-state index in [1.807, 2.05) is 24.3 Å². The van der Waals surface area contributed by atoms with Crippen molar-refractivity contribution in [3.63, 3.8) is 0 Å². The number of amides is 1. The molecule has 0 saturated heterocycles. The second-order valence-electron chi connectivity index (χ2n) is 6.98. The molecule has 0 unspecified atom stereocenters. The van der Waals surface area contributed by atoms with E-state index in [0.717, 1.165) is 11.3 Å². The van der Waals surface area contributed by atoms with Gasteiger partial charge in [-0.15, -0.1) is 11.3 Å². The summed E-state index contributed by atoms with van der Waals surface area (Å²) < 4.78 is 37.9. The van der Waals surface area contributed by atoms with E-state index >= 15 is 0 Å². The van der Waals surface area contributed by atoms with Crippen LogP contribution in [0.1, 0.15) is 18.0 Å². The number of ether oxygens (including phenoxy) is 2. The SMILES string of the molecule is CN(c1ccc(OCC(=O)N[C@@H]2CCOc3ccccc32)cc1)S(=O)(=O)c1cccs1. The number of anilines is 1. The number of rotatable bonds is 7. The lowest BCUT2D eigenvalue weighted by molar-refractivity contribution is -0.124. The van der Waals surface area contributed by atoms with Gasteiger partial charge in [0.15, 0.2) is 6.61 Å². The van der Waals surface area contributed by atoms with Crippen LogP contribution in [0.25, 0.3) is 0 Å². The summed E-state index contributed by atoms with van der Waals surface area (Å²) >= 11 is 1.17. The van der Waals surface area contributed by atoms with Crippen molar-refractivity contribution in [3.05, 3.63) is 71.6 Å². The summed E-state index contributed by atoms with van der Waals surface area (Å²) in [5, 5.41) is 4.70. The number of hydrogen-bond donors (Lipinski definition) is 1. The minimum Gasteiger partial charge on any atom is -0.493 e. The van der Waals surface area contributed by atoms with Crippen molar-refractivity contribution in [2.24, 2.45) is 0 Å². The molecular formula is C22H22N2O5S2. The van der Waals surface area contributed by atoms with Crippen molar-refractivity contribution in [3.8, 4) is 11.5 Å². The van der Waals surface area contributed by atoms with Gasteiger partial charge in [0, 0.05) is 19.0 Å².